The topological polar surface area (TPSA) is 72.6 Å². The van der Waals surface area contributed by atoms with Crippen LogP contribution in [0.15, 0.2) is 12.1 Å². The van der Waals surface area contributed by atoms with E-state index in [0.717, 1.165) is 66.0 Å². The van der Waals surface area contributed by atoms with Gasteiger partial charge in [0.15, 0.2) is 0 Å². The first kappa shape index (κ1) is 22.3. The number of anilines is 1. The minimum atomic E-state index is 0.547. The van der Waals surface area contributed by atoms with E-state index in [-0.39, 0.29) is 0 Å². The van der Waals surface area contributed by atoms with Crippen molar-refractivity contribution in [2.75, 3.05) is 52.2 Å². The molecule has 2 aliphatic heterocycles. The number of fused-ring (bicyclic) bond motifs is 2. The summed E-state index contributed by atoms with van der Waals surface area (Å²) in [5.41, 5.74) is 11.7. The Hall–Kier alpha value is -1.89. The van der Waals surface area contributed by atoms with Crippen LogP contribution in [0.25, 0.3) is 10.9 Å². The van der Waals surface area contributed by atoms with E-state index in [1.165, 1.54) is 63.8 Å². The number of likely N-dealkylation sites (tertiary alicyclic amines) is 1. The molecule has 1 aromatic carbocycles. The molecule has 0 spiro atoms. The highest BCUT2D eigenvalue weighted by molar-refractivity contribution is 5.94. The molecule has 0 unspecified atom stereocenters. The fraction of sp³-hybridized carbons (Fsp3) is 0.640. The molecule has 0 radical (unpaired) electrons. The molecule has 0 atom stereocenters. The number of ether oxygens (including phenoxy) is 2. The molecule has 6 heteroatoms. The van der Waals surface area contributed by atoms with Gasteiger partial charge in [0.25, 0.3) is 0 Å². The summed E-state index contributed by atoms with van der Waals surface area (Å²) in [6.45, 7) is 7.22. The van der Waals surface area contributed by atoms with Crippen molar-refractivity contribution in [2.24, 2.45) is 0 Å². The minimum Gasteiger partial charge on any atom is -0.496 e. The van der Waals surface area contributed by atoms with Crippen LogP contribution in [0.2, 0.25) is 0 Å². The largest absolute Gasteiger partial charge is 0.496 e. The van der Waals surface area contributed by atoms with E-state index in [2.05, 4.69) is 16.3 Å². The SMILES string of the molecule is C1CCNCC1.COc1cc2c(N)c3c(nc2cc1COCCN1CCCC1)CCC3. The van der Waals surface area contributed by atoms with Crippen LogP contribution < -0.4 is 15.8 Å². The predicted octanol–water partition coefficient (Wildman–Crippen LogP) is 3.69. The average molecular weight is 427 g/mol. The molecule has 1 aromatic heterocycles. The number of aromatic nitrogens is 1. The Labute approximate surface area is 186 Å². The fourth-order valence-corrected chi connectivity index (χ4v) is 4.86. The van der Waals surface area contributed by atoms with Crippen molar-refractivity contribution in [3.8, 4) is 5.75 Å². The number of nitrogen functional groups attached to an aromatic ring is 1. The number of methoxy groups -OCH3 is 1. The zero-order chi connectivity index (χ0) is 21.5. The second-order valence-corrected chi connectivity index (χ2v) is 8.90. The van der Waals surface area contributed by atoms with Gasteiger partial charge in [-0.2, -0.15) is 0 Å². The summed E-state index contributed by atoms with van der Waals surface area (Å²) < 4.78 is 11.5. The lowest BCUT2D eigenvalue weighted by molar-refractivity contribution is 0.0979. The molecule has 1 aliphatic carbocycles. The van der Waals surface area contributed by atoms with Crippen molar-refractivity contribution in [2.45, 2.75) is 58.0 Å². The van der Waals surface area contributed by atoms with Gasteiger partial charge >= 0.3 is 0 Å². The lowest BCUT2D eigenvalue weighted by Gasteiger charge is -2.16. The Balaban J connectivity index is 0.000000334. The third-order valence-corrected chi connectivity index (χ3v) is 6.67. The maximum atomic E-state index is 6.40. The monoisotopic (exact) mass is 426 g/mol. The molecule has 2 fully saturated rings. The van der Waals surface area contributed by atoms with Gasteiger partial charge in [0, 0.05) is 28.9 Å². The molecule has 3 N–H and O–H groups in total. The van der Waals surface area contributed by atoms with Crippen LogP contribution in [-0.4, -0.2) is 56.3 Å². The third kappa shape index (κ3) is 5.68. The van der Waals surface area contributed by atoms with Gasteiger partial charge in [-0.15, -0.1) is 0 Å². The predicted molar refractivity (Wildman–Crippen MR) is 127 cm³/mol. The Kier molecular flexibility index (Phi) is 8.00. The number of piperidine rings is 1. The van der Waals surface area contributed by atoms with Gasteiger partial charge in [-0.05, 0) is 88.8 Å². The summed E-state index contributed by atoms with van der Waals surface area (Å²) >= 11 is 0. The third-order valence-electron chi connectivity index (χ3n) is 6.67. The van der Waals surface area contributed by atoms with Crippen molar-refractivity contribution in [3.63, 3.8) is 0 Å². The number of nitrogens with one attached hydrogen (secondary N) is 1. The highest BCUT2D eigenvalue weighted by Crippen LogP contribution is 2.35. The second kappa shape index (κ2) is 11.1. The van der Waals surface area contributed by atoms with E-state index in [4.69, 9.17) is 20.2 Å². The summed E-state index contributed by atoms with van der Waals surface area (Å²) in [4.78, 5) is 7.31. The van der Waals surface area contributed by atoms with Crippen molar-refractivity contribution in [1.82, 2.24) is 15.2 Å². The van der Waals surface area contributed by atoms with Crippen LogP contribution in [-0.2, 0) is 24.2 Å². The van der Waals surface area contributed by atoms with Gasteiger partial charge in [0.05, 0.1) is 25.8 Å². The number of hydrogen-bond donors (Lipinski definition) is 2. The number of aryl methyl sites for hydroxylation is 1. The number of rotatable bonds is 6. The molecular weight excluding hydrogens is 388 g/mol. The number of nitrogens with two attached hydrogens (primary N) is 1. The summed E-state index contributed by atoms with van der Waals surface area (Å²) in [6.07, 6.45) is 10.1. The smallest absolute Gasteiger partial charge is 0.125 e. The molecular formula is C25H38N4O2. The van der Waals surface area contributed by atoms with E-state index >= 15 is 0 Å². The summed E-state index contributed by atoms with van der Waals surface area (Å²) in [6, 6.07) is 4.11. The lowest BCUT2D eigenvalue weighted by Crippen LogP contribution is -2.23. The zero-order valence-electron chi connectivity index (χ0n) is 19.0. The average Bonchev–Trinajstić information content (AvgIpc) is 3.50. The van der Waals surface area contributed by atoms with Gasteiger partial charge in [0.1, 0.15) is 5.75 Å². The fourth-order valence-electron chi connectivity index (χ4n) is 4.86. The van der Waals surface area contributed by atoms with Gasteiger partial charge in [0.2, 0.25) is 0 Å². The van der Waals surface area contributed by atoms with Crippen LogP contribution in [0, 0.1) is 0 Å². The Morgan fingerprint density at radius 1 is 1.03 bits per heavy atom. The van der Waals surface area contributed by atoms with Crippen molar-refractivity contribution < 1.29 is 9.47 Å². The quantitative estimate of drug-likeness (QED) is 0.687. The second-order valence-electron chi connectivity index (χ2n) is 8.90. The molecule has 0 bridgehead atoms. The zero-order valence-corrected chi connectivity index (χ0v) is 19.0. The lowest BCUT2D eigenvalue weighted by atomic mass is 10.0. The van der Waals surface area contributed by atoms with E-state index in [1.54, 1.807) is 7.11 Å². The number of benzene rings is 1. The first-order valence-electron chi connectivity index (χ1n) is 12.0. The van der Waals surface area contributed by atoms with Crippen LogP contribution in [0.4, 0.5) is 5.69 Å². The van der Waals surface area contributed by atoms with Crippen LogP contribution in [0.5, 0.6) is 5.75 Å². The summed E-state index contributed by atoms with van der Waals surface area (Å²) in [5.74, 6) is 0.833. The highest BCUT2D eigenvalue weighted by atomic mass is 16.5. The van der Waals surface area contributed by atoms with Crippen LogP contribution in [0.3, 0.4) is 0 Å². The number of pyridine rings is 1. The van der Waals surface area contributed by atoms with Gasteiger partial charge < -0.3 is 25.4 Å². The van der Waals surface area contributed by atoms with Crippen molar-refractivity contribution >= 4 is 16.6 Å². The standard InChI is InChI=1S/C20H27N3O2.C5H11N/c1-24-19-12-16-18(22-17-6-4-5-15(17)20(16)21)11-14(19)13-25-10-9-23-7-2-3-8-23;1-2-4-6-5-3-1/h11-12H,2-10,13H2,1H3,(H2,21,22);6H,1-5H2. The molecule has 31 heavy (non-hydrogen) atoms. The van der Waals surface area contributed by atoms with Crippen molar-refractivity contribution in [1.29, 1.82) is 0 Å². The summed E-state index contributed by atoms with van der Waals surface area (Å²) in [7, 11) is 1.70. The first-order valence-corrected chi connectivity index (χ1v) is 12.0. The normalized spacial score (nSPS) is 18.6. The Morgan fingerprint density at radius 2 is 1.84 bits per heavy atom. The molecule has 6 nitrogen and oxygen atoms in total. The van der Waals surface area contributed by atoms with E-state index in [9.17, 15) is 0 Å². The molecule has 0 amide bonds. The van der Waals surface area contributed by atoms with E-state index < -0.39 is 0 Å². The maximum absolute atomic E-state index is 6.40. The molecule has 3 heterocycles. The van der Waals surface area contributed by atoms with Crippen LogP contribution >= 0.6 is 0 Å². The summed E-state index contributed by atoms with van der Waals surface area (Å²) in [5, 5.41) is 4.28. The molecule has 0 saturated carbocycles. The first-order chi connectivity index (χ1) is 15.3. The van der Waals surface area contributed by atoms with E-state index in [1.807, 2.05) is 6.07 Å². The maximum Gasteiger partial charge on any atom is 0.125 e. The Morgan fingerprint density at radius 3 is 2.52 bits per heavy atom. The van der Waals surface area contributed by atoms with Crippen LogP contribution in [0.1, 0.15) is 55.3 Å². The minimum absolute atomic E-state index is 0.547. The van der Waals surface area contributed by atoms with Gasteiger partial charge in [-0.1, -0.05) is 6.42 Å². The van der Waals surface area contributed by atoms with Gasteiger partial charge in [-0.3, -0.25) is 4.98 Å². The Bertz CT molecular complexity index is 849. The number of nitrogens with zero attached hydrogens (tertiary/aromatic N) is 2. The molecule has 170 valence electrons. The molecule has 2 aromatic rings. The number of hydrogen-bond acceptors (Lipinski definition) is 6. The van der Waals surface area contributed by atoms with Crippen molar-refractivity contribution in [3.05, 3.63) is 29.0 Å². The van der Waals surface area contributed by atoms with E-state index in [0.29, 0.717) is 6.61 Å². The van der Waals surface area contributed by atoms with Gasteiger partial charge in [-0.25, -0.2) is 0 Å². The molecule has 5 rings (SSSR count). The highest BCUT2D eigenvalue weighted by Gasteiger charge is 2.19. The molecule has 2 saturated heterocycles. The molecule has 3 aliphatic rings.